The Hall–Kier alpha value is -2.13. The van der Waals surface area contributed by atoms with Gasteiger partial charge in [0.15, 0.2) is 0 Å². The fourth-order valence-corrected chi connectivity index (χ4v) is 4.41. The highest BCUT2D eigenvalue weighted by Crippen LogP contribution is 2.40. The quantitative estimate of drug-likeness (QED) is 0.829. The lowest BCUT2D eigenvalue weighted by Crippen LogP contribution is -2.54. The van der Waals surface area contributed by atoms with Crippen molar-refractivity contribution in [1.82, 2.24) is 9.88 Å². The third kappa shape index (κ3) is 3.68. The van der Waals surface area contributed by atoms with Crippen molar-refractivity contribution < 1.29 is 9.53 Å². The Morgan fingerprint density at radius 1 is 1.35 bits per heavy atom. The summed E-state index contributed by atoms with van der Waals surface area (Å²) in [6.07, 6.45) is 3.69. The predicted molar refractivity (Wildman–Crippen MR) is 100.0 cm³/mol. The Morgan fingerprint density at radius 3 is 2.88 bits per heavy atom. The predicted octanol–water partition coefficient (Wildman–Crippen LogP) is 2.43. The molecule has 0 N–H and O–H groups in total. The average molecular weight is 356 g/mol. The molecule has 140 valence electrons. The first-order chi connectivity index (χ1) is 12.5. The number of ether oxygens (including phenoxy) is 1. The zero-order valence-corrected chi connectivity index (χ0v) is 16.0. The molecular formula is C20H28N4O2. The standard InChI is InChI=1S/C20H28N4O2/c1-15-11-16(2)22-19(17(15)12-21)24-8-4-6-20(14-24)7-5-18(25)23(13-20)9-10-26-3/h11H,4-10,13-14H2,1-3H3/t20-/m1/s1. The zero-order chi connectivity index (χ0) is 18.7. The van der Waals surface area contributed by atoms with E-state index in [4.69, 9.17) is 9.72 Å². The van der Waals surface area contributed by atoms with Crippen LogP contribution >= 0.6 is 0 Å². The number of rotatable bonds is 4. The van der Waals surface area contributed by atoms with E-state index < -0.39 is 0 Å². The molecule has 2 saturated heterocycles. The van der Waals surface area contributed by atoms with Crippen molar-refractivity contribution in [1.29, 1.82) is 5.26 Å². The molecule has 6 heteroatoms. The molecule has 3 rings (SSSR count). The fraction of sp³-hybridized carbons (Fsp3) is 0.650. The van der Waals surface area contributed by atoms with E-state index in [1.54, 1.807) is 7.11 Å². The van der Waals surface area contributed by atoms with Crippen molar-refractivity contribution >= 4 is 11.7 Å². The molecule has 0 aliphatic carbocycles. The number of nitriles is 1. The third-order valence-corrected chi connectivity index (χ3v) is 5.71. The van der Waals surface area contributed by atoms with Crippen LogP contribution in [0.1, 0.15) is 42.5 Å². The van der Waals surface area contributed by atoms with E-state index in [-0.39, 0.29) is 11.3 Å². The van der Waals surface area contributed by atoms with Gasteiger partial charge in [-0.2, -0.15) is 5.26 Å². The van der Waals surface area contributed by atoms with Crippen LogP contribution in [-0.4, -0.2) is 55.7 Å². The maximum atomic E-state index is 12.3. The number of amides is 1. The van der Waals surface area contributed by atoms with Crippen LogP contribution < -0.4 is 4.90 Å². The number of hydrogen-bond acceptors (Lipinski definition) is 5. The van der Waals surface area contributed by atoms with Gasteiger partial charge in [-0.15, -0.1) is 0 Å². The monoisotopic (exact) mass is 356 g/mol. The first-order valence-corrected chi connectivity index (χ1v) is 9.38. The van der Waals surface area contributed by atoms with Crippen LogP contribution in [0.5, 0.6) is 0 Å². The number of hydrogen-bond donors (Lipinski definition) is 0. The van der Waals surface area contributed by atoms with E-state index in [0.29, 0.717) is 25.1 Å². The summed E-state index contributed by atoms with van der Waals surface area (Å²) in [5.41, 5.74) is 2.69. The largest absolute Gasteiger partial charge is 0.383 e. The van der Waals surface area contributed by atoms with Crippen molar-refractivity contribution in [2.45, 2.75) is 39.5 Å². The van der Waals surface area contributed by atoms with Gasteiger partial charge in [0.05, 0.1) is 12.2 Å². The second-order valence-corrected chi connectivity index (χ2v) is 7.72. The van der Waals surface area contributed by atoms with Crippen molar-refractivity contribution in [3.8, 4) is 6.07 Å². The van der Waals surface area contributed by atoms with Crippen LogP contribution in [0.2, 0.25) is 0 Å². The molecular weight excluding hydrogens is 328 g/mol. The number of pyridine rings is 1. The molecule has 6 nitrogen and oxygen atoms in total. The van der Waals surface area contributed by atoms with Crippen LogP contribution in [0.4, 0.5) is 5.82 Å². The zero-order valence-electron chi connectivity index (χ0n) is 16.0. The lowest BCUT2D eigenvalue weighted by Gasteiger charge is -2.48. The number of carbonyl (C=O) groups excluding carboxylic acids is 1. The molecule has 26 heavy (non-hydrogen) atoms. The van der Waals surface area contributed by atoms with E-state index in [1.807, 2.05) is 24.8 Å². The molecule has 3 heterocycles. The lowest BCUT2D eigenvalue weighted by atomic mass is 9.73. The summed E-state index contributed by atoms with van der Waals surface area (Å²) >= 11 is 0. The van der Waals surface area contributed by atoms with Crippen LogP contribution in [0.3, 0.4) is 0 Å². The molecule has 2 aliphatic heterocycles. The van der Waals surface area contributed by atoms with Gasteiger partial charge in [-0.3, -0.25) is 4.79 Å². The van der Waals surface area contributed by atoms with Gasteiger partial charge in [-0.25, -0.2) is 4.98 Å². The minimum atomic E-state index is 0.0892. The van der Waals surface area contributed by atoms with Crippen LogP contribution in [-0.2, 0) is 9.53 Å². The number of carbonyl (C=O) groups is 1. The van der Waals surface area contributed by atoms with Crippen molar-refractivity contribution in [3.05, 3.63) is 22.9 Å². The summed E-state index contributed by atoms with van der Waals surface area (Å²) in [4.78, 5) is 21.2. The van der Waals surface area contributed by atoms with Gasteiger partial charge < -0.3 is 14.5 Å². The van der Waals surface area contributed by atoms with E-state index in [0.717, 1.165) is 56.0 Å². The van der Waals surface area contributed by atoms with Crippen molar-refractivity contribution in [2.24, 2.45) is 5.41 Å². The van der Waals surface area contributed by atoms with E-state index in [9.17, 15) is 10.1 Å². The SMILES string of the molecule is COCCN1C[C@@]2(CCCN(c3nc(C)cc(C)c3C#N)C2)CCC1=O. The lowest BCUT2D eigenvalue weighted by molar-refractivity contribution is -0.138. The molecule has 0 unspecified atom stereocenters. The van der Waals surface area contributed by atoms with Gasteiger partial charge in [-0.1, -0.05) is 0 Å². The molecule has 0 radical (unpaired) electrons. The van der Waals surface area contributed by atoms with Gasteiger partial charge in [0.25, 0.3) is 0 Å². The van der Waals surface area contributed by atoms with Crippen LogP contribution in [0.15, 0.2) is 6.07 Å². The Kier molecular flexibility index (Phi) is 5.47. The van der Waals surface area contributed by atoms with E-state index in [1.165, 1.54) is 0 Å². The second-order valence-electron chi connectivity index (χ2n) is 7.72. The van der Waals surface area contributed by atoms with Gasteiger partial charge >= 0.3 is 0 Å². The summed E-state index contributed by atoms with van der Waals surface area (Å²) in [5.74, 6) is 1.04. The van der Waals surface area contributed by atoms with Crippen molar-refractivity contribution in [3.63, 3.8) is 0 Å². The summed E-state index contributed by atoms with van der Waals surface area (Å²) in [5, 5.41) is 9.61. The third-order valence-electron chi connectivity index (χ3n) is 5.71. The molecule has 2 aliphatic rings. The highest BCUT2D eigenvalue weighted by Gasteiger charge is 2.42. The maximum Gasteiger partial charge on any atom is 0.222 e. The molecule has 1 atom stereocenters. The van der Waals surface area contributed by atoms with E-state index in [2.05, 4.69) is 11.0 Å². The Labute approximate surface area is 155 Å². The molecule has 2 fully saturated rings. The first-order valence-electron chi connectivity index (χ1n) is 9.38. The summed E-state index contributed by atoms with van der Waals surface area (Å²) in [7, 11) is 1.67. The maximum absolute atomic E-state index is 12.3. The Balaban J connectivity index is 1.84. The molecule has 1 amide bonds. The second kappa shape index (κ2) is 7.63. The Bertz CT molecular complexity index is 727. The number of methoxy groups -OCH3 is 1. The number of likely N-dealkylation sites (tertiary alicyclic amines) is 1. The average Bonchev–Trinajstić information content (AvgIpc) is 2.62. The van der Waals surface area contributed by atoms with Gasteiger partial charge in [0, 0.05) is 50.8 Å². The normalized spacial score (nSPS) is 23.4. The minimum absolute atomic E-state index is 0.0892. The molecule has 0 aromatic carbocycles. The Morgan fingerprint density at radius 2 is 2.15 bits per heavy atom. The molecule has 0 saturated carbocycles. The highest BCUT2D eigenvalue weighted by molar-refractivity contribution is 5.77. The number of piperidine rings is 2. The fourth-order valence-electron chi connectivity index (χ4n) is 4.41. The van der Waals surface area contributed by atoms with E-state index >= 15 is 0 Å². The van der Waals surface area contributed by atoms with Gasteiger partial charge in [0.1, 0.15) is 11.9 Å². The molecule has 0 bridgehead atoms. The van der Waals surface area contributed by atoms with Crippen LogP contribution in [0, 0.1) is 30.6 Å². The summed E-state index contributed by atoms with van der Waals surface area (Å²) < 4.78 is 5.17. The number of aryl methyl sites for hydroxylation is 2. The number of aromatic nitrogens is 1. The molecule has 1 aromatic heterocycles. The summed E-state index contributed by atoms with van der Waals surface area (Å²) in [6.45, 7) is 7.72. The van der Waals surface area contributed by atoms with Crippen LogP contribution in [0.25, 0.3) is 0 Å². The van der Waals surface area contributed by atoms with Gasteiger partial charge in [-0.05, 0) is 44.7 Å². The number of anilines is 1. The topological polar surface area (TPSA) is 69.5 Å². The first kappa shape index (κ1) is 18.7. The van der Waals surface area contributed by atoms with Gasteiger partial charge in [0.2, 0.25) is 5.91 Å². The molecule has 1 aromatic rings. The summed E-state index contributed by atoms with van der Waals surface area (Å²) in [6, 6.07) is 4.30. The number of nitrogens with zero attached hydrogens (tertiary/aromatic N) is 4. The smallest absolute Gasteiger partial charge is 0.222 e. The molecule has 1 spiro atoms. The highest BCUT2D eigenvalue weighted by atomic mass is 16.5. The minimum Gasteiger partial charge on any atom is -0.383 e. The van der Waals surface area contributed by atoms with Crippen molar-refractivity contribution in [2.75, 3.05) is 44.8 Å².